The second-order valence-electron chi connectivity index (χ2n) is 4.41. The van der Waals surface area contributed by atoms with E-state index in [0.717, 1.165) is 17.7 Å². The molecule has 0 bridgehead atoms. The molecule has 0 saturated carbocycles. The highest BCUT2D eigenvalue weighted by atomic mass is 16.5. The van der Waals surface area contributed by atoms with Crippen LogP contribution in [0.1, 0.15) is 18.1 Å². The van der Waals surface area contributed by atoms with Crippen molar-refractivity contribution >= 4 is 5.84 Å². The van der Waals surface area contributed by atoms with E-state index in [4.69, 9.17) is 15.7 Å². The molecule has 0 aliphatic rings. The molecule has 1 atom stereocenters. The summed E-state index contributed by atoms with van der Waals surface area (Å²) >= 11 is 0. The van der Waals surface area contributed by atoms with Crippen LogP contribution >= 0.6 is 0 Å². The fourth-order valence-corrected chi connectivity index (χ4v) is 1.70. The van der Waals surface area contributed by atoms with Gasteiger partial charge in [-0.25, -0.2) is 0 Å². The predicted octanol–water partition coefficient (Wildman–Crippen LogP) is 1.25. The molecule has 3 N–H and O–H groups in total. The molecule has 0 aliphatic carbocycles. The molecule has 1 aromatic carbocycles. The van der Waals surface area contributed by atoms with Gasteiger partial charge in [-0.1, -0.05) is 23.4 Å². The third kappa shape index (κ3) is 4.01. The third-order valence-electron chi connectivity index (χ3n) is 2.92. The molecule has 0 heterocycles. The summed E-state index contributed by atoms with van der Waals surface area (Å²) in [6.45, 7) is 3.59. The fraction of sp³-hybridized carbons (Fsp3) is 0.462. The largest absolute Gasteiger partial charge is 0.409 e. The van der Waals surface area contributed by atoms with Crippen molar-refractivity contribution in [1.29, 1.82) is 0 Å². The average Bonchev–Trinajstić information content (AvgIpc) is 2.38. The molecule has 100 valence electrons. The van der Waals surface area contributed by atoms with Gasteiger partial charge in [-0.3, -0.25) is 4.90 Å². The Morgan fingerprint density at radius 3 is 2.89 bits per heavy atom. The molecule has 0 fully saturated rings. The van der Waals surface area contributed by atoms with Crippen molar-refractivity contribution in [2.24, 2.45) is 10.9 Å². The van der Waals surface area contributed by atoms with E-state index in [-0.39, 0.29) is 5.84 Å². The van der Waals surface area contributed by atoms with Crippen LogP contribution in [-0.2, 0) is 11.3 Å². The Morgan fingerprint density at radius 2 is 2.28 bits per heavy atom. The minimum atomic E-state index is 0.129. The second-order valence-corrected chi connectivity index (χ2v) is 4.41. The molecule has 0 spiro atoms. The Balaban J connectivity index is 2.73. The van der Waals surface area contributed by atoms with Crippen molar-refractivity contribution in [3.63, 3.8) is 0 Å². The molecular weight excluding hydrogens is 230 g/mol. The van der Waals surface area contributed by atoms with Crippen LogP contribution < -0.4 is 5.73 Å². The van der Waals surface area contributed by atoms with Gasteiger partial charge in [0.05, 0.1) is 6.61 Å². The SMILES string of the molecule is COCC(C)N(C)Cc1cccc(C(N)=NO)c1. The van der Waals surface area contributed by atoms with Gasteiger partial charge in [0.15, 0.2) is 5.84 Å². The van der Waals surface area contributed by atoms with Crippen LogP contribution in [-0.4, -0.2) is 42.7 Å². The molecule has 0 aliphatic heterocycles. The number of hydrogen-bond acceptors (Lipinski definition) is 4. The normalized spacial score (nSPS) is 13.9. The van der Waals surface area contributed by atoms with E-state index in [1.807, 2.05) is 31.3 Å². The summed E-state index contributed by atoms with van der Waals surface area (Å²) in [5.74, 6) is 0.129. The van der Waals surface area contributed by atoms with Gasteiger partial charge in [-0.05, 0) is 25.6 Å². The van der Waals surface area contributed by atoms with Gasteiger partial charge in [0.25, 0.3) is 0 Å². The summed E-state index contributed by atoms with van der Waals surface area (Å²) in [5, 5.41) is 11.7. The molecular formula is C13H21N3O2. The van der Waals surface area contributed by atoms with Gasteiger partial charge in [0.2, 0.25) is 0 Å². The number of nitrogens with zero attached hydrogens (tertiary/aromatic N) is 2. The Kier molecular flexibility index (Phi) is 5.61. The molecule has 5 nitrogen and oxygen atoms in total. The van der Waals surface area contributed by atoms with E-state index in [9.17, 15) is 0 Å². The standard InChI is InChI=1S/C13H21N3O2/c1-10(9-18-3)16(2)8-11-5-4-6-12(7-11)13(14)15-17/h4-7,10,17H,8-9H2,1-3H3,(H2,14,15). The quantitative estimate of drug-likeness (QED) is 0.345. The van der Waals surface area contributed by atoms with E-state index in [2.05, 4.69) is 17.0 Å². The topological polar surface area (TPSA) is 71.1 Å². The summed E-state index contributed by atoms with van der Waals surface area (Å²) < 4.78 is 5.13. The average molecular weight is 251 g/mol. The van der Waals surface area contributed by atoms with Crippen LogP contribution in [0, 0.1) is 0 Å². The summed E-state index contributed by atoms with van der Waals surface area (Å²) in [6, 6.07) is 7.99. The number of nitrogens with two attached hydrogens (primary N) is 1. The lowest BCUT2D eigenvalue weighted by molar-refractivity contribution is 0.112. The first-order valence-electron chi connectivity index (χ1n) is 5.84. The zero-order valence-electron chi connectivity index (χ0n) is 11.1. The first kappa shape index (κ1) is 14.5. The Hall–Kier alpha value is -1.59. The van der Waals surface area contributed by atoms with Gasteiger partial charge >= 0.3 is 0 Å². The monoisotopic (exact) mass is 251 g/mol. The van der Waals surface area contributed by atoms with Crippen molar-refractivity contribution < 1.29 is 9.94 Å². The highest BCUT2D eigenvalue weighted by Gasteiger charge is 2.09. The fourth-order valence-electron chi connectivity index (χ4n) is 1.70. The number of oxime groups is 1. The number of methoxy groups -OCH3 is 1. The van der Waals surface area contributed by atoms with Crippen molar-refractivity contribution in [1.82, 2.24) is 4.90 Å². The third-order valence-corrected chi connectivity index (χ3v) is 2.92. The molecule has 1 rings (SSSR count). The van der Waals surface area contributed by atoms with Gasteiger partial charge in [-0.15, -0.1) is 0 Å². The van der Waals surface area contributed by atoms with E-state index in [0.29, 0.717) is 12.6 Å². The zero-order chi connectivity index (χ0) is 13.5. The van der Waals surface area contributed by atoms with Crippen LogP contribution in [0.25, 0.3) is 0 Å². The van der Waals surface area contributed by atoms with Gasteiger partial charge < -0.3 is 15.7 Å². The van der Waals surface area contributed by atoms with E-state index in [1.54, 1.807) is 7.11 Å². The predicted molar refractivity (Wildman–Crippen MR) is 71.8 cm³/mol. The highest BCUT2D eigenvalue weighted by molar-refractivity contribution is 5.97. The maximum Gasteiger partial charge on any atom is 0.170 e. The lowest BCUT2D eigenvalue weighted by Gasteiger charge is -2.24. The Morgan fingerprint density at radius 1 is 1.56 bits per heavy atom. The Labute approximate surface area is 108 Å². The van der Waals surface area contributed by atoms with Gasteiger partial charge in [-0.2, -0.15) is 0 Å². The van der Waals surface area contributed by atoms with Crippen LogP contribution in [0.5, 0.6) is 0 Å². The molecule has 1 aromatic rings. The number of benzene rings is 1. The van der Waals surface area contributed by atoms with E-state index < -0.39 is 0 Å². The minimum absolute atomic E-state index is 0.129. The summed E-state index contributed by atoms with van der Waals surface area (Å²) in [7, 11) is 3.74. The number of ether oxygens (including phenoxy) is 1. The first-order chi connectivity index (χ1) is 8.58. The smallest absolute Gasteiger partial charge is 0.170 e. The maximum atomic E-state index is 8.66. The number of amidine groups is 1. The minimum Gasteiger partial charge on any atom is -0.409 e. The van der Waals surface area contributed by atoms with Crippen molar-refractivity contribution in [2.45, 2.75) is 19.5 Å². The molecule has 0 aromatic heterocycles. The lowest BCUT2D eigenvalue weighted by atomic mass is 10.1. The molecule has 5 heteroatoms. The van der Waals surface area contributed by atoms with Crippen molar-refractivity contribution in [3.05, 3.63) is 35.4 Å². The van der Waals surface area contributed by atoms with Crippen LogP contribution in [0.15, 0.2) is 29.4 Å². The maximum absolute atomic E-state index is 8.66. The van der Waals surface area contributed by atoms with Gasteiger partial charge in [0, 0.05) is 25.3 Å². The number of hydrogen-bond donors (Lipinski definition) is 2. The highest BCUT2D eigenvalue weighted by Crippen LogP contribution is 2.09. The summed E-state index contributed by atoms with van der Waals surface area (Å²) in [6.07, 6.45) is 0. The summed E-state index contributed by atoms with van der Waals surface area (Å²) in [5.41, 5.74) is 7.41. The van der Waals surface area contributed by atoms with E-state index >= 15 is 0 Å². The number of rotatable bonds is 6. The number of likely N-dealkylation sites (N-methyl/N-ethyl adjacent to an activating group) is 1. The zero-order valence-corrected chi connectivity index (χ0v) is 11.1. The van der Waals surface area contributed by atoms with Crippen LogP contribution in [0.4, 0.5) is 0 Å². The lowest BCUT2D eigenvalue weighted by Crippen LogP contribution is -2.32. The molecule has 18 heavy (non-hydrogen) atoms. The molecule has 0 amide bonds. The van der Waals surface area contributed by atoms with Crippen LogP contribution in [0.3, 0.4) is 0 Å². The molecule has 0 saturated heterocycles. The Bertz CT molecular complexity index is 407. The van der Waals surface area contributed by atoms with Crippen LogP contribution in [0.2, 0.25) is 0 Å². The second kappa shape index (κ2) is 6.98. The van der Waals surface area contributed by atoms with Gasteiger partial charge in [0.1, 0.15) is 0 Å². The van der Waals surface area contributed by atoms with Crippen molar-refractivity contribution in [2.75, 3.05) is 20.8 Å². The van der Waals surface area contributed by atoms with Crippen molar-refractivity contribution in [3.8, 4) is 0 Å². The molecule has 1 unspecified atom stereocenters. The van der Waals surface area contributed by atoms with E-state index in [1.165, 1.54) is 0 Å². The summed E-state index contributed by atoms with van der Waals surface area (Å²) in [4.78, 5) is 2.19. The first-order valence-corrected chi connectivity index (χ1v) is 5.84. The molecule has 0 radical (unpaired) electrons.